The summed E-state index contributed by atoms with van der Waals surface area (Å²) in [5.74, 6) is -1.06. The number of fused-ring (bicyclic) bond motifs is 1. The van der Waals surface area contributed by atoms with Crippen molar-refractivity contribution in [1.82, 2.24) is 14.0 Å². The number of aryl methyl sites for hydroxylation is 1. The minimum absolute atomic E-state index is 0.0756. The van der Waals surface area contributed by atoms with Crippen LogP contribution < -0.4 is 11.2 Å². The number of aromatic nitrogens is 2. The van der Waals surface area contributed by atoms with Crippen LogP contribution in [-0.4, -0.2) is 34.0 Å². The summed E-state index contributed by atoms with van der Waals surface area (Å²) in [5.41, 5.74) is -3.56. The summed E-state index contributed by atoms with van der Waals surface area (Å²) in [6, 6.07) is 9.86. The molecule has 0 atom stereocenters. The highest BCUT2D eigenvalue weighted by Crippen LogP contribution is 2.34. The summed E-state index contributed by atoms with van der Waals surface area (Å²) in [6.07, 6.45) is -4.84. The van der Waals surface area contributed by atoms with Crippen molar-refractivity contribution < 1.29 is 22.4 Å². The highest BCUT2D eigenvalue weighted by molar-refractivity contribution is 7.20. The standard InChI is InChI=1S/C24H19F4N3O3S/c1-13-18-20(32)31(17-11-7-5-9-15(17)24(26,27)28)23(34)30(12-14-8-4-6-10-16(14)25)22(18)35-19(13)21(33)29(2)3/h4-11H,12H2,1-3H3. The van der Waals surface area contributed by atoms with Crippen LogP contribution in [0.1, 0.15) is 26.4 Å². The Kier molecular flexibility index (Phi) is 6.14. The summed E-state index contributed by atoms with van der Waals surface area (Å²) in [5, 5.41) is -0.0758. The van der Waals surface area contributed by atoms with Gasteiger partial charge in [0, 0.05) is 19.7 Å². The number of thiophene rings is 1. The van der Waals surface area contributed by atoms with E-state index in [0.717, 1.165) is 34.1 Å². The molecule has 4 rings (SSSR count). The summed E-state index contributed by atoms with van der Waals surface area (Å²) in [7, 11) is 3.02. The number of halogens is 4. The number of carbonyl (C=O) groups is 1. The minimum Gasteiger partial charge on any atom is -0.344 e. The van der Waals surface area contributed by atoms with Gasteiger partial charge in [0.05, 0.1) is 28.1 Å². The molecule has 0 fully saturated rings. The van der Waals surface area contributed by atoms with Gasteiger partial charge in [-0.15, -0.1) is 11.3 Å². The lowest BCUT2D eigenvalue weighted by Gasteiger charge is -2.16. The van der Waals surface area contributed by atoms with Crippen LogP contribution in [0.15, 0.2) is 58.1 Å². The van der Waals surface area contributed by atoms with Gasteiger partial charge in [-0.2, -0.15) is 13.2 Å². The average Bonchev–Trinajstić information content (AvgIpc) is 3.14. The molecule has 0 saturated carbocycles. The monoisotopic (exact) mass is 505 g/mol. The SMILES string of the molecule is Cc1c(C(=O)N(C)C)sc2c1c(=O)n(-c1ccccc1C(F)(F)F)c(=O)n2Cc1ccccc1F. The van der Waals surface area contributed by atoms with E-state index in [0.29, 0.717) is 4.57 Å². The van der Waals surface area contributed by atoms with E-state index < -0.39 is 40.4 Å². The predicted octanol–water partition coefficient (Wildman–Crippen LogP) is 4.43. The number of nitrogens with zero attached hydrogens (tertiary/aromatic N) is 3. The maximum absolute atomic E-state index is 14.5. The first-order chi connectivity index (χ1) is 16.4. The Morgan fingerprint density at radius 3 is 2.29 bits per heavy atom. The third-order valence-corrected chi connectivity index (χ3v) is 6.85. The van der Waals surface area contributed by atoms with Crippen molar-refractivity contribution in [2.24, 2.45) is 0 Å². The second kappa shape index (κ2) is 8.81. The van der Waals surface area contributed by atoms with Crippen molar-refractivity contribution in [3.63, 3.8) is 0 Å². The zero-order valence-corrected chi connectivity index (χ0v) is 19.6. The van der Waals surface area contributed by atoms with E-state index >= 15 is 0 Å². The Hall–Kier alpha value is -3.73. The molecule has 2 aromatic carbocycles. The van der Waals surface area contributed by atoms with Gasteiger partial charge in [0.1, 0.15) is 10.6 Å². The lowest BCUT2D eigenvalue weighted by molar-refractivity contribution is -0.137. The maximum atomic E-state index is 14.5. The van der Waals surface area contributed by atoms with E-state index in [1.54, 1.807) is 6.07 Å². The second-order valence-electron chi connectivity index (χ2n) is 8.05. The lowest BCUT2D eigenvalue weighted by atomic mass is 10.1. The van der Waals surface area contributed by atoms with Gasteiger partial charge < -0.3 is 4.90 Å². The number of para-hydroxylation sites is 1. The molecule has 11 heteroatoms. The Balaban J connectivity index is 2.15. The normalized spacial score (nSPS) is 11.7. The van der Waals surface area contributed by atoms with Crippen LogP contribution in [0.5, 0.6) is 0 Å². The number of hydrogen-bond donors (Lipinski definition) is 0. The number of benzene rings is 2. The lowest BCUT2D eigenvalue weighted by Crippen LogP contribution is -2.40. The molecule has 0 radical (unpaired) electrons. The third kappa shape index (κ3) is 4.16. The summed E-state index contributed by atoms with van der Waals surface area (Å²) < 4.78 is 57.2. The van der Waals surface area contributed by atoms with Crippen LogP contribution in [0.25, 0.3) is 15.9 Å². The Morgan fingerprint density at radius 2 is 1.66 bits per heavy atom. The minimum atomic E-state index is -4.84. The van der Waals surface area contributed by atoms with Gasteiger partial charge in [0.15, 0.2) is 0 Å². The fraction of sp³-hybridized carbons (Fsp3) is 0.208. The van der Waals surface area contributed by atoms with Crippen molar-refractivity contribution in [2.45, 2.75) is 19.6 Å². The van der Waals surface area contributed by atoms with Gasteiger partial charge in [-0.1, -0.05) is 30.3 Å². The summed E-state index contributed by atoms with van der Waals surface area (Å²) >= 11 is 0.868. The van der Waals surface area contributed by atoms with Crippen LogP contribution in [0.2, 0.25) is 0 Å². The molecular weight excluding hydrogens is 486 g/mol. The van der Waals surface area contributed by atoms with E-state index in [1.165, 1.54) is 50.2 Å². The zero-order valence-electron chi connectivity index (χ0n) is 18.8. The molecule has 0 aliphatic heterocycles. The number of alkyl halides is 3. The smallest absolute Gasteiger partial charge is 0.344 e. The van der Waals surface area contributed by atoms with Crippen LogP contribution in [0.3, 0.4) is 0 Å². The number of carbonyl (C=O) groups excluding carboxylic acids is 1. The van der Waals surface area contributed by atoms with Gasteiger partial charge in [0.25, 0.3) is 11.5 Å². The van der Waals surface area contributed by atoms with Crippen molar-refractivity contribution in [1.29, 1.82) is 0 Å². The number of amides is 1. The molecule has 35 heavy (non-hydrogen) atoms. The summed E-state index contributed by atoms with van der Waals surface area (Å²) in [6.45, 7) is 1.14. The molecule has 1 amide bonds. The molecule has 6 nitrogen and oxygen atoms in total. The highest BCUT2D eigenvalue weighted by atomic mass is 32.1. The Bertz CT molecular complexity index is 1580. The molecule has 0 N–H and O–H groups in total. The molecule has 0 bridgehead atoms. The van der Waals surface area contributed by atoms with Gasteiger partial charge >= 0.3 is 11.9 Å². The Labute approximate surface area is 200 Å². The number of rotatable bonds is 4. The topological polar surface area (TPSA) is 64.3 Å². The molecule has 0 saturated heterocycles. The molecule has 0 unspecified atom stereocenters. The molecule has 0 spiro atoms. The average molecular weight is 505 g/mol. The molecule has 0 aliphatic rings. The first-order valence-corrected chi connectivity index (χ1v) is 11.2. The quantitative estimate of drug-likeness (QED) is 0.386. The van der Waals surface area contributed by atoms with Crippen LogP contribution in [-0.2, 0) is 12.7 Å². The Morgan fingerprint density at radius 1 is 1.03 bits per heavy atom. The molecular formula is C24H19F4N3O3S. The van der Waals surface area contributed by atoms with Crippen LogP contribution in [0.4, 0.5) is 17.6 Å². The van der Waals surface area contributed by atoms with E-state index in [9.17, 15) is 31.9 Å². The van der Waals surface area contributed by atoms with E-state index in [-0.39, 0.29) is 32.8 Å². The van der Waals surface area contributed by atoms with Crippen LogP contribution >= 0.6 is 11.3 Å². The van der Waals surface area contributed by atoms with Gasteiger partial charge in [0.2, 0.25) is 0 Å². The molecule has 182 valence electrons. The maximum Gasteiger partial charge on any atom is 0.418 e. The zero-order chi connectivity index (χ0) is 25.7. The predicted molar refractivity (Wildman–Crippen MR) is 125 cm³/mol. The number of hydrogen-bond acceptors (Lipinski definition) is 4. The summed E-state index contributed by atoms with van der Waals surface area (Å²) in [4.78, 5) is 41.3. The fourth-order valence-corrected chi connectivity index (χ4v) is 5.12. The molecule has 2 aromatic heterocycles. The first-order valence-electron chi connectivity index (χ1n) is 10.3. The molecule has 2 heterocycles. The van der Waals surface area contributed by atoms with Crippen molar-refractivity contribution >= 4 is 27.5 Å². The highest BCUT2D eigenvalue weighted by Gasteiger charge is 2.35. The van der Waals surface area contributed by atoms with Crippen molar-refractivity contribution in [3.8, 4) is 5.69 Å². The first kappa shape index (κ1) is 24.4. The molecule has 4 aromatic rings. The van der Waals surface area contributed by atoms with Crippen LogP contribution in [0, 0.1) is 12.7 Å². The van der Waals surface area contributed by atoms with Gasteiger partial charge in [-0.3, -0.25) is 14.2 Å². The van der Waals surface area contributed by atoms with E-state index in [2.05, 4.69) is 0 Å². The largest absolute Gasteiger partial charge is 0.418 e. The van der Waals surface area contributed by atoms with E-state index in [4.69, 9.17) is 0 Å². The second-order valence-corrected chi connectivity index (χ2v) is 9.05. The van der Waals surface area contributed by atoms with Crippen molar-refractivity contribution in [3.05, 3.63) is 96.8 Å². The fourth-order valence-electron chi connectivity index (χ4n) is 3.81. The van der Waals surface area contributed by atoms with E-state index in [1.807, 2.05) is 0 Å². The molecule has 0 aliphatic carbocycles. The van der Waals surface area contributed by atoms with Crippen molar-refractivity contribution in [2.75, 3.05) is 14.1 Å². The van der Waals surface area contributed by atoms with Gasteiger partial charge in [-0.05, 0) is 30.7 Å². The van der Waals surface area contributed by atoms with Gasteiger partial charge in [-0.25, -0.2) is 13.8 Å². The third-order valence-electron chi connectivity index (χ3n) is 5.55.